The van der Waals surface area contributed by atoms with Crippen LogP contribution < -0.4 is 5.19 Å². The monoisotopic (exact) mass is 1550 g/mol. The Morgan fingerprint density at radius 2 is 0.342 bits per heavy atom. The number of hydrogen-bond acceptors (Lipinski definition) is 4. The van der Waals surface area contributed by atoms with Crippen LogP contribution in [0.15, 0.2) is 346 Å². The van der Waals surface area contributed by atoms with Crippen LogP contribution in [0.4, 0.5) is 0 Å². The second kappa shape index (κ2) is 43.4. The summed E-state index contributed by atoms with van der Waals surface area (Å²) in [5.41, 5.74) is 33.6. The van der Waals surface area contributed by atoms with Crippen molar-refractivity contribution in [1.29, 1.82) is 0 Å². The van der Waals surface area contributed by atoms with Gasteiger partial charge in [-0.25, -0.2) is 0 Å². The number of aryl methyl sites for hydroxylation is 10. The second-order valence-electron chi connectivity index (χ2n) is 33.0. The van der Waals surface area contributed by atoms with Crippen LogP contribution in [-0.2, 0) is 110 Å². The number of ether oxygens (including phenoxy) is 4. The molecule has 0 aliphatic rings. The third kappa shape index (κ3) is 26.1. The summed E-state index contributed by atoms with van der Waals surface area (Å²) < 4.78 is 24.2. The van der Waals surface area contributed by atoms with E-state index in [9.17, 15) is 0 Å². The predicted molar refractivity (Wildman–Crippen MR) is 495 cm³/mol. The molecular formula is C112H116O4Si. The number of hydrogen-bond donors (Lipinski definition) is 0. The molecule has 14 aromatic carbocycles. The molecule has 0 heterocycles. The van der Waals surface area contributed by atoms with Crippen LogP contribution in [0.5, 0.6) is 0 Å². The Morgan fingerprint density at radius 3 is 0.538 bits per heavy atom. The molecule has 14 rings (SSSR count). The summed E-state index contributed by atoms with van der Waals surface area (Å²) in [5.74, 6) is 0. The van der Waals surface area contributed by atoms with Crippen molar-refractivity contribution < 1.29 is 18.9 Å². The minimum atomic E-state index is -1.37. The standard InChI is InChI=1S/C112H116O4Si/c1-117(2,3)112-67-53-88(54-68-112)33-18-36-99-77-106(100-55-41-86(42-56-100)31-16-34-97-73-108(102-59-45-89(46-60-102)37-19-69-113-82-93-23-8-4-9-24-93)80-109(74-97)103-61-47-90(48-62-103)38-20-70-114-83-94-25-10-5-11-26-94)79-107(78-99)101-57-43-87(44-58-101)32-17-35-98-75-110(104-63-49-91(50-64-104)39-21-71-115-84-95-27-12-6-13-28-95)81-111(76-98)105-65-51-92(52-66-105)40-22-72-116-85-96-29-14-7-15-30-96/h4-15,23-30,41-68,73-81H,16-22,31-40,69-72,82-85H2,1-3H3. The highest BCUT2D eigenvalue weighted by atomic mass is 28.3. The predicted octanol–water partition coefficient (Wildman–Crippen LogP) is 27.4. The minimum absolute atomic E-state index is 0.655. The molecule has 14 aromatic rings. The molecule has 0 unspecified atom stereocenters. The van der Waals surface area contributed by atoms with E-state index in [0.717, 1.165) is 136 Å². The molecule has 0 aliphatic heterocycles. The highest BCUT2D eigenvalue weighted by molar-refractivity contribution is 6.88. The molecule has 592 valence electrons. The molecule has 0 atom stereocenters. The first-order valence-corrected chi connectivity index (χ1v) is 46.6. The maximum Gasteiger partial charge on any atom is 0.0775 e. The van der Waals surface area contributed by atoms with Crippen molar-refractivity contribution in [3.8, 4) is 66.8 Å². The van der Waals surface area contributed by atoms with Crippen LogP contribution in [-0.4, -0.2) is 34.5 Å². The summed E-state index contributed by atoms with van der Waals surface area (Å²) in [6.07, 6.45) is 17.2. The van der Waals surface area contributed by atoms with Crippen molar-refractivity contribution >= 4 is 13.3 Å². The SMILES string of the molecule is C[Si](C)(C)c1ccc(CCCc2cc(-c3ccc(CCCc4cc(-c5ccc(CCCOCc6ccccc6)cc5)cc(-c5ccc(CCCOCc6ccccc6)cc5)c4)cc3)cc(-c3ccc(CCCc4cc(-c5ccc(CCCOCc6ccccc6)cc5)cc(-c5ccc(CCCOCc6ccccc6)cc5)c4)cc3)c2)cc1. The molecule has 4 nitrogen and oxygen atoms in total. The van der Waals surface area contributed by atoms with Gasteiger partial charge in [0, 0.05) is 26.4 Å². The van der Waals surface area contributed by atoms with Crippen LogP contribution in [0.3, 0.4) is 0 Å². The first-order valence-electron chi connectivity index (χ1n) is 43.1. The molecule has 117 heavy (non-hydrogen) atoms. The van der Waals surface area contributed by atoms with Gasteiger partial charge in [-0.1, -0.05) is 352 Å². The van der Waals surface area contributed by atoms with E-state index in [0.29, 0.717) is 26.4 Å². The Hall–Kier alpha value is -10.9. The van der Waals surface area contributed by atoms with E-state index >= 15 is 0 Å². The summed E-state index contributed by atoms with van der Waals surface area (Å²) in [6, 6.07) is 129. The van der Waals surface area contributed by atoms with Crippen molar-refractivity contribution in [2.24, 2.45) is 0 Å². The summed E-state index contributed by atoms with van der Waals surface area (Å²) in [7, 11) is -1.37. The van der Waals surface area contributed by atoms with Crippen molar-refractivity contribution in [3.63, 3.8) is 0 Å². The van der Waals surface area contributed by atoms with Crippen molar-refractivity contribution in [2.75, 3.05) is 26.4 Å². The zero-order valence-corrected chi connectivity index (χ0v) is 70.2. The van der Waals surface area contributed by atoms with E-state index in [1.807, 2.05) is 0 Å². The minimum Gasteiger partial charge on any atom is -0.377 e. The van der Waals surface area contributed by atoms with Crippen molar-refractivity contribution in [1.82, 2.24) is 0 Å². The Balaban J connectivity index is 0.639. The zero-order valence-electron chi connectivity index (χ0n) is 69.2. The molecule has 0 fully saturated rings. The quantitative estimate of drug-likeness (QED) is 0.0282. The molecule has 0 N–H and O–H groups in total. The normalized spacial score (nSPS) is 11.5. The van der Waals surface area contributed by atoms with E-state index < -0.39 is 8.07 Å². The van der Waals surface area contributed by atoms with Crippen LogP contribution in [0.2, 0.25) is 19.6 Å². The summed E-state index contributed by atoms with van der Waals surface area (Å²) >= 11 is 0. The Bertz CT molecular complexity index is 4750. The van der Waals surface area contributed by atoms with Gasteiger partial charge in [-0.3, -0.25) is 0 Å². The van der Waals surface area contributed by atoms with E-state index in [1.54, 1.807) is 0 Å². The smallest absolute Gasteiger partial charge is 0.0775 e. The lowest BCUT2D eigenvalue weighted by Gasteiger charge is -2.16. The van der Waals surface area contributed by atoms with Crippen LogP contribution in [0, 0.1) is 0 Å². The van der Waals surface area contributed by atoms with Gasteiger partial charge in [-0.15, -0.1) is 0 Å². The van der Waals surface area contributed by atoms with Gasteiger partial charge in [0.1, 0.15) is 0 Å². The van der Waals surface area contributed by atoms with Gasteiger partial charge in [-0.05, 0) is 272 Å². The highest BCUT2D eigenvalue weighted by Gasteiger charge is 2.17. The van der Waals surface area contributed by atoms with E-state index in [1.165, 1.54) is 150 Å². The van der Waals surface area contributed by atoms with Gasteiger partial charge in [0.2, 0.25) is 0 Å². The molecule has 0 amide bonds. The maximum absolute atomic E-state index is 6.04. The van der Waals surface area contributed by atoms with Gasteiger partial charge in [0.05, 0.1) is 34.5 Å². The fraction of sp³-hybridized carbons (Fsp3) is 0.250. The third-order valence-corrected chi connectivity index (χ3v) is 24.8. The highest BCUT2D eigenvalue weighted by Crippen LogP contribution is 2.35. The van der Waals surface area contributed by atoms with Crippen LogP contribution in [0.25, 0.3) is 66.8 Å². The van der Waals surface area contributed by atoms with Gasteiger partial charge in [0.25, 0.3) is 0 Å². The summed E-state index contributed by atoms with van der Waals surface area (Å²) in [4.78, 5) is 0. The Kier molecular flexibility index (Phi) is 30.6. The maximum atomic E-state index is 6.04. The molecule has 0 saturated carbocycles. The van der Waals surface area contributed by atoms with Crippen LogP contribution >= 0.6 is 0 Å². The number of rotatable bonds is 43. The van der Waals surface area contributed by atoms with Gasteiger partial charge in [-0.2, -0.15) is 0 Å². The van der Waals surface area contributed by atoms with Gasteiger partial charge in [0.15, 0.2) is 0 Å². The molecule has 0 aromatic heterocycles. The molecule has 0 spiro atoms. The molecule has 0 bridgehead atoms. The lowest BCUT2D eigenvalue weighted by Crippen LogP contribution is -2.37. The molecule has 5 heteroatoms. The van der Waals surface area contributed by atoms with E-state index in [-0.39, 0.29) is 0 Å². The first kappa shape index (κ1) is 82.7. The topological polar surface area (TPSA) is 36.9 Å². The van der Waals surface area contributed by atoms with Gasteiger partial charge < -0.3 is 18.9 Å². The molecular weight excluding hydrogens is 1440 g/mol. The molecule has 0 saturated heterocycles. The second-order valence-corrected chi connectivity index (χ2v) is 38.1. The lowest BCUT2D eigenvalue weighted by atomic mass is 9.91. The van der Waals surface area contributed by atoms with E-state index in [4.69, 9.17) is 18.9 Å². The molecule has 0 aliphatic carbocycles. The fourth-order valence-electron chi connectivity index (χ4n) is 15.9. The Morgan fingerprint density at radius 1 is 0.162 bits per heavy atom. The van der Waals surface area contributed by atoms with Crippen molar-refractivity contribution in [2.45, 2.75) is 155 Å². The first-order chi connectivity index (χ1) is 57.5. The summed E-state index contributed by atoms with van der Waals surface area (Å²) in [5, 5.41) is 1.52. The van der Waals surface area contributed by atoms with Crippen molar-refractivity contribution in [3.05, 3.63) is 424 Å². The largest absolute Gasteiger partial charge is 0.377 e. The van der Waals surface area contributed by atoms with Crippen LogP contribution in [0.1, 0.15) is 123 Å². The fourth-order valence-corrected chi connectivity index (χ4v) is 17.1. The van der Waals surface area contributed by atoms with Gasteiger partial charge >= 0.3 is 0 Å². The average molecular weight is 1550 g/mol. The average Bonchev–Trinajstić information content (AvgIpc) is 0.819. The lowest BCUT2D eigenvalue weighted by molar-refractivity contribution is 0.118. The summed E-state index contributed by atoms with van der Waals surface area (Å²) in [6.45, 7) is 12.9. The molecule has 0 radical (unpaired) electrons. The Labute approximate surface area is 699 Å². The third-order valence-electron chi connectivity index (χ3n) is 22.8. The van der Waals surface area contributed by atoms with E-state index in [2.05, 4.69) is 365 Å². The zero-order chi connectivity index (χ0) is 79.9. The number of benzene rings is 14.